The molecule has 3 N–H and O–H groups in total. The van der Waals surface area contributed by atoms with Gasteiger partial charge >= 0.3 is 6.18 Å². The van der Waals surface area contributed by atoms with E-state index in [1.807, 2.05) is 6.92 Å². The average Bonchev–Trinajstić information content (AvgIpc) is 2.67. The van der Waals surface area contributed by atoms with E-state index in [0.29, 0.717) is 29.1 Å². The number of pyridine rings is 1. The van der Waals surface area contributed by atoms with Crippen LogP contribution in [0.15, 0.2) is 36.7 Å². The molecule has 2 atom stereocenters. The lowest BCUT2D eigenvalue weighted by Crippen LogP contribution is -2.38. The van der Waals surface area contributed by atoms with Gasteiger partial charge in [0, 0.05) is 34.8 Å². The second kappa shape index (κ2) is 7.39. The van der Waals surface area contributed by atoms with Gasteiger partial charge in [0.1, 0.15) is 11.4 Å². The summed E-state index contributed by atoms with van der Waals surface area (Å²) in [6.07, 6.45) is 1.65. The first kappa shape index (κ1) is 20.3. The van der Waals surface area contributed by atoms with Crippen molar-refractivity contribution in [3.05, 3.63) is 42.2 Å². The highest BCUT2D eigenvalue weighted by atomic mass is 19.4. The summed E-state index contributed by atoms with van der Waals surface area (Å²) in [6.45, 7) is 1.81. The van der Waals surface area contributed by atoms with E-state index in [9.17, 15) is 23.4 Å². The number of hydrogen-bond donors (Lipinski definition) is 3. The van der Waals surface area contributed by atoms with Crippen LogP contribution in [-0.4, -0.2) is 37.0 Å². The predicted octanol–water partition coefficient (Wildman–Crippen LogP) is 4.52. The van der Waals surface area contributed by atoms with Crippen molar-refractivity contribution in [3.63, 3.8) is 0 Å². The smallest absolute Gasteiger partial charge is 0.416 e. The standard InChI is InChI=1S/C21H21F3N4O2/c1-20(30)7-2-3-13(10-20)26-19-16-11-25-8-6-14(16)18(27-28-19)15-5-4-12(9-17(15)29)21(22,23)24/h4-6,8-9,11,13,29-30H,2-3,7,10H2,1H3,(H,26,28)/t13-,20+/m1/s1. The summed E-state index contributed by atoms with van der Waals surface area (Å²) in [7, 11) is 0. The van der Waals surface area contributed by atoms with E-state index in [2.05, 4.69) is 20.5 Å². The van der Waals surface area contributed by atoms with Crippen molar-refractivity contribution >= 4 is 16.6 Å². The number of hydrogen-bond acceptors (Lipinski definition) is 6. The predicted molar refractivity (Wildman–Crippen MR) is 106 cm³/mol. The summed E-state index contributed by atoms with van der Waals surface area (Å²) in [6, 6.07) is 4.46. The molecule has 0 aliphatic heterocycles. The van der Waals surface area contributed by atoms with E-state index in [-0.39, 0.29) is 17.3 Å². The van der Waals surface area contributed by atoms with Crippen molar-refractivity contribution in [3.8, 4) is 17.0 Å². The van der Waals surface area contributed by atoms with Crippen molar-refractivity contribution in [2.75, 3.05) is 5.32 Å². The third-order valence-corrected chi connectivity index (χ3v) is 5.46. The molecule has 1 aliphatic rings. The topological polar surface area (TPSA) is 91.2 Å². The molecule has 0 unspecified atom stereocenters. The largest absolute Gasteiger partial charge is 0.507 e. The number of benzene rings is 1. The molecule has 0 spiro atoms. The van der Waals surface area contributed by atoms with Crippen molar-refractivity contribution < 1.29 is 23.4 Å². The summed E-state index contributed by atoms with van der Waals surface area (Å²) in [5, 5.41) is 33.5. The number of alkyl halides is 3. The molecule has 1 fully saturated rings. The van der Waals surface area contributed by atoms with Gasteiger partial charge in [-0.25, -0.2) is 0 Å². The fourth-order valence-corrected chi connectivity index (χ4v) is 3.99. The zero-order valence-corrected chi connectivity index (χ0v) is 16.2. The van der Waals surface area contributed by atoms with Crippen LogP contribution in [0.4, 0.5) is 19.0 Å². The fourth-order valence-electron chi connectivity index (χ4n) is 3.99. The van der Waals surface area contributed by atoms with Gasteiger partial charge < -0.3 is 15.5 Å². The van der Waals surface area contributed by atoms with Gasteiger partial charge in [-0.05, 0) is 56.9 Å². The van der Waals surface area contributed by atoms with Gasteiger partial charge in [-0.3, -0.25) is 4.98 Å². The highest BCUT2D eigenvalue weighted by Crippen LogP contribution is 2.39. The second-order valence-electron chi connectivity index (χ2n) is 7.98. The molecule has 2 aromatic heterocycles. The molecule has 0 bridgehead atoms. The summed E-state index contributed by atoms with van der Waals surface area (Å²) in [4.78, 5) is 4.13. The van der Waals surface area contributed by atoms with Crippen LogP contribution in [0, 0.1) is 0 Å². The molecular weight excluding hydrogens is 397 g/mol. The molecule has 4 rings (SSSR count). The van der Waals surface area contributed by atoms with Crippen molar-refractivity contribution in [1.82, 2.24) is 15.2 Å². The molecule has 0 saturated heterocycles. The lowest BCUT2D eigenvalue weighted by molar-refractivity contribution is -0.137. The Hall–Kier alpha value is -2.94. The SMILES string of the molecule is C[C@]1(O)CCC[C@@H](Nc2nnc(-c3ccc(C(F)(F)F)cc3O)c3ccncc23)C1. The quantitative estimate of drug-likeness (QED) is 0.579. The first-order chi connectivity index (χ1) is 14.1. The number of aromatic hydroxyl groups is 1. The van der Waals surface area contributed by atoms with Crippen LogP contribution in [0.5, 0.6) is 5.75 Å². The molecule has 1 aliphatic carbocycles. The van der Waals surface area contributed by atoms with Gasteiger partial charge in [-0.1, -0.05) is 0 Å². The van der Waals surface area contributed by atoms with Crippen LogP contribution < -0.4 is 5.32 Å². The highest BCUT2D eigenvalue weighted by molar-refractivity contribution is 6.00. The van der Waals surface area contributed by atoms with E-state index < -0.39 is 23.1 Å². The number of halogens is 3. The van der Waals surface area contributed by atoms with Crippen molar-refractivity contribution in [2.45, 2.75) is 50.4 Å². The molecule has 1 aromatic carbocycles. The number of phenolic OH excluding ortho intramolecular Hbond substituents is 1. The third-order valence-electron chi connectivity index (χ3n) is 5.46. The van der Waals surface area contributed by atoms with Crippen LogP contribution >= 0.6 is 0 Å². The number of nitrogens with zero attached hydrogens (tertiary/aromatic N) is 3. The average molecular weight is 418 g/mol. The number of aromatic nitrogens is 3. The molecule has 9 heteroatoms. The van der Waals surface area contributed by atoms with E-state index >= 15 is 0 Å². The Balaban J connectivity index is 1.73. The van der Waals surface area contributed by atoms with E-state index in [1.165, 1.54) is 6.07 Å². The lowest BCUT2D eigenvalue weighted by atomic mass is 9.83. The number of phenols is 1. The normalized spacial score (nSPS) is 22.2. The van der Waals surface area contributed by atoms with Crippen LogP contribution in [-0.2, 0) is 6.18 Å². The number of nitrogens with one attached hydrogen (secondary N) is 1. The van der Waals surface area contributed by atoms with Gasteiger partial charge in [0.25, 0.3) is 0 Å². The number of anilines is 1. The van der Waals surface area contributed by atoms with Crippen LogP contribution in [0.2, 0.25) is 0 Å². The minimum absolute atomic E-state index is 0.0109. The summed E-state index contributed by atoms with van der Waals surface area (Å²) >= 11 is 0. The summed E-state index contributed by atoms with van der Waals surface area (Å²) in [5.41, 5.74) is -1.27. The summed E-state index contributed by atoms with van der Waals surface area (Å²) in [5.74, 6) is -0.0442. The van der Waals surface area contributed by atoms with Gasteiger partial charge in [0.2, 0.25) is 0 Å². The zero-order chi connectivity index (χ0) is 21.5. The van der Waals surface area contributed by atoms with Crippen molar-refractivity contribution in [1.29, 1.82) is 0 Å². The Kier molecular flexibility index (Phi) is 5.01. The van der Waals surface area contributed by atoms with Crippen LogP contribution in [0.1, 0.15) is 38.2 Å². The summed E-state index contributed by atoms with van der Waals surface area (Å²) < 4.78 is 38.7. The third kappa shape index (κ3) is 4.02. The maximum absolute atomic E-state index is 12.9. The van der Waals surface area contributed by atoms with Gasteiger partial charge in [0.05, 0.1) is 11.2 Å². The van der Waals surface area contributed by atoms with Gasteiger partial charge in [-0.2, -0.15) is 13.2 Å². The maximum atomic E-state index is 12.9. The molecule has 0 radical (unpaired) electrons. The monoisotopic (exact) mass is 418 g/mol. The van der Waals surface area contributed by atoms with E-state index in [1.54, 1.807) is 18.5 Å². The van der Waals surface area contributed by atoms with Gasteiger partial charge in [0.15, 0.2) is 5.82 Å². The molecule has 3 aromatic rings. The molecule has 2 heterocycles. The number of rotatable bonds is 3. The molecule has 30 heavy (non-hydrogen) atoms. The Morgan fingerprint density at radius 2 is 1.97 bits per heavy atom. The first-order valence-corrected chi connectivity index (χ1v) is 9.64. The van der Waals surface area contributed by atoms with Crippen LogP contribution in [0.3, 0.4) is 0 Å². The molecule has 0 amide bonds. The fraction of sp³-hybridized carbons (Fsp3) is 0.381. The molecular formula is C21H21F3N4O2. The number of fused-ring (bicyclic) bond motifs is 1. The highest BCUT2D eigenvalue weighted by Gasteiger charge is 2.32. The number of aliphatic hydroxyl groups is 1. The Bertz CT molecular complexity index is 1090. The zero-order valence-electron chi connectivity index (χ0n) is 16.2. The second-order valence-corrected chi connectivity index (χ2v) is 7.98. The minimum atomic E-state index is -4.55. The van der Waals surface area contributed by atoms with E-state index in [4.69, 9.17) is 0 Å². The Labute approximate surface area is 170 Å². The van der Waals surface area contributed by atoms with E-state index in [0.717, 1.165) is 25.3 Å². The molecule has 1 saturated carbocycles. The minimum Gasteiger partial charge on any atom is -0.507 e. The Morgan fingerprint density at radius 1 is 1.17 bits per heavy atom. The van der Waals surface area contributed by atoms with Gasteiger partial charge in [-0.15, -0.1) is 10.2 Å². The Morgan fingerprint density at radius 3 is 2.67 bits per heavy atom. The molecule has 158 valence electrons. The van der Waals surface area contributed by atoms with Crippen molar-refractivity contribution in [2.24, 2.45) is 0 Å². The van der Waals surface area contributed by atoms with Crippen LogP contribution in [0.25, 0.3) is 22.0 Å². The lowest BCUT2D eigenvalue weighted by Gasteiger charge is -2.34. The first-order valence-electron chi connectivity index (χ1n) is 9.64. The maximum Gasteiger partial charge on any atom is 0.416 e. The molecule has 6 nitrogen and oxygen atoms in total.